The maximum atomic E-state index is 9.13. The summed E-state index contributed by atoms with van der Waals surface area (Å²) in [7, 11) is 1.71. The Morgan fingerprint density at radius 3 is 2.31 bits per heavy atom. The van der Waals surface area contributed by atoms with Crippen molar-refractivity contribution in [2.24, 2.45) is 5.92 Å². The second-order valence-corrected chi connectivity index (χ2v) is 3.88. The molecule has 1 aromatic carbocycles. The van der Waals surface area contributed by atoms with Gasteiger partial charge in [-0.3, -0.25) is 0 Å². The van der Waals surface area contributed by atoms with Crippen LogP contribution in [0.15, 0.2) is 24.3 Å². The molecule has 0 spiro atoms. The molecule has 1 aliphatic rings. The van der Waals surface area contributed by atoms with Crippen LogP contribution in [0, 0.1) is 5.92 Å². The minimum Gasteiger partial charge on any atom is -0.314 e. The third-order valence-corrected chi connectivity index (χ3v) is 2.66. The number of benzene rings is 1. The van der Waals surface area contributed by atoms with Crippen molar-refractivity contribution in [3.05, 3.63) is 35.4 Å². The molecule has 0 atom stereocenters. The van der Waals surface area contributed by atoms with Crippen LogP contribution in [0.25, 0.3) is 0 Å². The van der Waals surface area contributed by atoms with Crippen molar-refractivity contribution >= 4 is 0 Å². The van der Waals surface area contributed by atoms with Gasteiger partial charge in [-0.05, 0) is 29.9 Å². The molecular formula is C11H15NO. The van der Waals surface area contributed by atoms with Crippen LogP contribution in [-0.2, 0) is 12.8 Å². The number of nitrogens with zero attached hydrogens (tertiary/aromatic N) is 1. The summed E-state index contributed by atoms with van der Waals surface area (Å²) in [5, 5.41) is 10.4. The molecule has 0 fully saturated rings. The van der Waals surface area contributed by atoms with E-state index in [1.807, 2.05) is 0 Å². The zero-order valence-corrected chi connectivity index (χ0v) is 7.90. The minimum atomic E-state index is 0.590. The van der Waals surface area contributed by atoms with Crippen LogP contribution in [0.3, 0.4) is 0 Å². The molecule has 0 bridgehead atoms. The number of hydrogen-bond acceptors (Lipinski definition) is 2. The van der Waals surface area contributed by atoms with Gasteiger partial charge in [0.2, 0.25) is 0 Å². The smallest absolute Gasteiger partial charge is 0.0269 e. The van der Waals surface area contributed by atoms with Crippen molar-refractivity contribution in [2.75, 3.05) is 13.6 Å². The van der Waals surface area contributed by atoms with E-state index in [9.17, 15) is 0 Å². The molecule has 1 aliphatic carbocycles. The third-order valence-electron chi connectivity index (χ3n) is 2.66. The Kier molecular flexibility index (Phi) is 2.34. The first-order chi connectivity index (χ1) is 6.25. The molecule has 0 amide bonds. The highest BCUT2D eigenvalue weighted by Crippen LogP contribution is 2.26. The quantitative estimate of drug-likeness (QED) is 0.695. The fourth-order valence-electron chi connectivity index (χ4n) is 2.15. The van der Waals surface area contributed by atoms with E-state index in [4.69, 9.17) is 5.21 Å². The van der Waals surface area contributed by atoms with Gasteiger partial charge < -0.3 is 5.21 Å². The Bertz CT molecular complexity index is 271. The van der Waals surface area contributed by atoms with E-state index in [1.165, 1.54) is 16.2 Å². The highest BCUT2D eigenvalue weighted by atomic mass is 16.5. The van der Waals surface area contributed by atoms with Gasteiger partial charge in [-0.25, -0.2) is 0 Å². The minimum absolute atomic E-state index is 0.590. The molecule has 2 rings (SSSR count). The molecule has 70 valence electrons. The van der Waals surface area contributed by atoms with Gasteiger partial charge in [0.25, 0.3) is 0 Å². The summed E-state index contributed by atoms with van der Waals surface area (Å²) in [5.41, 5.74) is 2.91. The second-order valence-electron chi connectivity index (χ2n) is 3.88. The first-order valence-corrected chi connectivity index (χ1v) is 4.72. The van der Waals surface area contributed by atoms with Crippen molar-refractivity contribution in [3.8, 4) is 0 Å². The Hall–Kier alpha value is -0.860. The number of hydrogen-bond donors (Lipinski definition) is 1. The molecule has 1 N–H and O–H groups in total. The van der Waals surface area contributed by atoms with Crippen LogP contribution in [0.1, 0.15) is 11.1 Å². The lowest BCUT2D eigenvalue weighted by Crippen LogP contribution is -2.22. The molecule has 0 aromatic heterocycles. The zero-order valence-electron chi connectivity index (χ0n) is 7.90. The summed E-state index contributed by atoms with van der Waals surface area (Å²) >= 11 is 0. The summed E-state index contributed by atoms with van der Waals surface area (Å²) < 4.78 is 0. The van der Waals surface area contributed by atoms with E-state index in [-0.39, 0.29) is 0 Å². The molecule has 0 aliphatic heterocycles. The van der Waals surface area contributed by atoms with E-state index in [1.54, 1.807) is 7.05 Å². The van der Waals surface area contributed by atoms with Crippen LogP contribution in [-0.4, -0.2) is 23.9 Å². The molecule has 2 heteroatoms. The van der Waals surface area contributed by atoms with Gasteiger partial charge in [-0.1, -0.05) is 24.3 Å². The van der Waals surface area contributed by atoms with E-state index < -0.39 is 0 Å². The lowest BCUT2D eigenvalue weighted by Gasteiger charge is -2.13. The van der Waals surface area contributed by atoms with E-state index in [0.717, 1.165) is 19.4 Å². The van der Waals surface area contributed by atoms with Gasteiger partial charge in [-0.2, -0.15) is 5.06 Å². The average molecular weight is 177 g/mol. The topological polar surface area (TPSA) is 23.5 Å². The van der Waals surface area contributed by atoms with Gasteiger partial charge in [-0.15, -0.1) is 0 Å². The standard InChI is InChI=1S/C11H15NO/c1-12(13)8-9-6-10-4-2-3-5-11(10)7-9/h2-5,9,13H,6-8H2,1H3. The summed E-state index contributed by atoms with van der Waals surface area (Å²) in [5.74, 6) is 0.590. The Morgan fingerprint density at radius 2 is 1.85 bits per heavy atom. The Labute approximate surface area is 78.8 Å². The van der Waals surface area contributed by atoms with Crippen molar-refractivity contribution in [1.82, 2.24) is 5.06 Å². The van der Waals surface area contributed by atoms with Gasteiger partial charge >= 0.3 is 0 Å². The van der Waals surface area contributed by atoms with Crippen molar-refractivity contribution < 1.29 is 5.21 Å². The molecule has 0 saturated carbocycles. The van der Waals surface area contributed by atoms with Crippen LogP contribution >= 0.6 is 0 Å². The Balaban J connectivity index is 2.05. The fourth-order valence-corrected chi connectivity index (χ4v) is 2.15. The lowest BCUT2D eigenvalue weighted by molar-refractivity contribution is -0.0751. The van der Waals surface area contributed by atoms with Gasteiger partial charge in [0, 0.05) is 13.6 Å². The van der Waals surface area contributed by atoms with Crippen LogP contribution in [0.4, 0.5) is 0 Å². The van der Waals surface area contributed by atoms with Crippen LogP contribution in [0.5, 0.6) is 0 Å². The number of hydroxylamine groups is 2. The van der Waals surface area contributed by atoms with Gasteiger partial charge in [0.15, 0.2) is 0 Å². The predicted octanol–water partition coefficient (Wildman–Crippen LogP) is 1.72. The molecule has 0 heterocycles. The van der Waals surface area contributed by atoms with E-state index in [0.29, 0.717) is 5.92 Å². The average Bonchev–Trinajstić information content (AvgIpc) is 2.44. The monoisotopic (exact) mass is 177 g/mol. The van der Waals surface area contributed by atoms with Crippen molar-refractivity contribution in [2.45, 2.75) is 12.8 Å². The normalized spacial score (nSPS) is 16.5. The first-order valence-electron chi connectivity index (χ1n) is 4.72. The number of fused-ring (bicyclic) bond motifs is 1. The van der Waals surface area contributed by atoms with Gasteiger partial charge in [0.05, 0.1) is 0 Å². The third kappa shape index (κ3) is 1.90. The van der Waals surface area contributed by atoms with E-state index >= 15 is 0 Å². The summed E-state index contributed by atoms with van der Waals surface area (Å²) in [4.78, 5) is 0. The molecule has 2 nitrogen and oxygen atoms in total. The number of rotatable bonds is 2. The molecule has 0 radical (unpaired) electrons. The molecule has 0 unspecified atom stereocenters. The maximum Gasteiger partial charge on any atom is 0.0269 e. The highest BCUT2D eigenvalue weighted by Gasteiger charge is 2.21. The van der Waals surface area contributed by atoms with E-state index in [2.05, 4.69) is 24.3 Å². The molecule has 13 heavy (non-hydrogen) atoms. The second kappa shape index (κ2) is 3.48. The highest BCUT2D eigenvalue weighted by molar-refractivity contribution is 5.32. The lowest BCUT2D eigenvalue weighted by atomic mass is 10.1. The summed E-state index contributed by atoms with van der Waals surface area (Å²) in [6.07, 6.45) is 2.22. The summed E-state index contributed by atoms with van der Waals surface area (Å²) in [6.45, 7) is 0.773. The SMILES string of the molecule is CN(O)CC1Cc2ccccc2C1. The summed E-state index contributed by atoms with van der Waals surface area (Å²) in [6, 6.07) is 8.55. The molecular weight excluding hydrogens is 162 g/mol. The van der Waals surface area contributed by atoms with Crippen molar-refractivity contribution in [3.63, 3.8) is 0 Å². The predicted molar refractivity (Wildman–Crippen MR) is 51.8 cm³/mol. The fraction of sp³-hybridized carbons (Fsp3) is 0.455. The molecule has 1 aromatic rings. The maximum absolute atomic E-state index is 9.13. The largest absolute Gasteiger partial charge is 0.314 e. The van der Waals surface area contributed by atoms with Crippen LogP contribution < -0.4 is 0 Å². The zero-order chi connectivity index (χ0) is 9.26. The molecule has 0 saturated heterocycles. The van der Waals surface area contributed by atoms with Crippen molar-refractivity contribution in [1.29, 1.82) is 0 Å². The first kappa shape index (κ1) is 8.73. The Morgan fingerprint density at radius 1 is 1.31 bits per heavy atom. The van der Waals surface area contributed by atoms with Gasteiger partial charge in [0.1, 0.15) is 0 Å². The van der Waals surface area contributed by atoms with Crippen LogP contribution in [0.2, 0.25) is 0 Å².